The van der Waals surface area contributed by atoms with Crippen LogP contribution < -0.4 is 0 Å². The second kappa shape index (κ2) is 4.87. The van der Waals surface area contributed by atoms with Gasteiger partial charge in [-0.25, -0.2) is 9.97 Å². The van der Waals surface area contributed by atoms with E-state index in [9.17, 15) is 0 Å². The highest BCUT2D eigenvalue weighted by molar-refractivity contribution is 14.1. The van der Waals surface area contributed by atoms with Crippen molar-refractivity contribution in [2.45, 2.75) is 57.2 Å². The number of ether oxygens (including phenoxy) is 1. The van der Waals surface area contributed by atoms with E-state index in [1.165, 1.54) is 6.42 Å². The molecule has 3 atom stereocenters. The SMILES string of the molecule is CC(C)c1nc(C2CC3CCC2O3)nc(Cl)c1I. The molecule has 3 heterocycles. The quantitative estimate of drug-likeness (QED) is 0.578. The number of nitrogens with zero attached hydrogens (tertiary/aromatic N) is 2. The molecule has 3 unspecified atom stereocenters. The van der Waals surface area contributed by atoms with Gasteiger partial charge in [-0.2, -0.15) is 0 Å². The van der Waals surface area contributed by atoms with E-state index in [1.54, 1.807) is 0 Å². The van der Waals surface area contributed by atoms with Crippen molar-refractivity contribution in [3.63, 3.8) is 0 Å². The van der Waals surface area contributed by atoms with Crippen molar-refractivity contribution in [3.8, 4) is 0 Å². The monoisotopic (exact) mass is 378 g/mol. The molecule has 1 aromatic rings. The second-order valence-corrected chi connectivity index (χ2v) is 6.88. The van der Waals surface area contributed by atoms with Crippen LogP contribution in [0.4, 0.5) is 0 Å². The molecule has 0 saturated carbocycles. The van der Waals surface area contributed by atoms with Gasteiger partial charge in [-0.1, -0.05) is 25.4 Å². The number of hydrogen-bond donors (Lipinski definition) is 0. The van der Waals surface area contributed by atoms with Gasteiger partial charge in [0.05, 0.1) is 21.5 Å². The molecule has 3 nitrogen and oxygen atoms in total. The number of rotatable bonds is 2. The highest BCUT2D eigenvalue weighted by Crippen LogP contribution is 2.44. The molecule has 5 heteroatoms. The first-order valence-corrected chi connectivity index (χ1v) is 7.90. The third kappa shape index (κ3) is 2.16. The van der Waals surface area contributed by atoms with Crippen LogP contribution in [0.3, 0.4) is 0 Å². The molecular weight excluding hydrogens is 363 g/mol. The van der Waals surface area contributed by atoms with Gasteiger partial charge in [-0.15, -0.1) is 0 Å². The van der Waals surface area contributed by atoms with E-state index in [4.69, 9.17) is 21.3 Å². The Hall–Kier alpha value is 0.0600. The van der Waals surface area contributed by atoms with Gasteiger partial charge in [0.2, 0.25) is 0 Å². The van der Waals surface area contributed by atoms with Crippen LogP contribution in [0, 0.1) is 3.57 Å². The number of aromatic nitrogens is 2. The molecule has 2 bridgehead atoms. The van der Waals surface area contributed by atoms with Crippen LogP contribution in [0.1, 0.15) is 56.5 Å². The van der Waals surface area contributed by atoms with Crippen LogP contribution in [0.25, 0.3) is 0 Å². The molecule has 2 saturated heterocycles. The first kappa shape index (κ1) is 13.1. The molecule has 0 radical (unpaired) electrons. The Balaban J connectivity index is 1.98. The van der Waals surface area contributed by atoms with Gasteiger partial charge < -0.3 is 4.74 Å². The Kier molecular flexibility index (Phi) is 3.53. The molecule has 0 spiro atoms. The number of fused-ring (bicyclic) bond motifs is 2. The molecule has 2 aliphatic heterocycles. The Morgan fingerprint density at radius 3 is 2.67 bits per heavy atom. The zero-order chi connectivity index (χ0) is 12.9. The summed E-state index contributed by atoms with van der Waals surface area (Å²) in [6, 6.07) is 0. The number of halogens is 2. The maximum Gasteiger partial charge on any atom is 0.146 e. The normalized spacial score (nSPS) is 30.4. The molecule has 0 aliphatic carbocycles. The minimum atomic E-state index is 0.311. The fourth-order valence-corrected chi connectivity index (χ4v) is 3.96. The Morgan fingerprint density at radius 2 is 2.11 bits per heavy atom. The van der Waals surface area contributed by atoms with Gasteiger partial charge in [0.15, 0.2) is 0 Å². The summed E-state index contributed by atoms with van der Waals surface area (Å²) in [5.74, 6) is 1.60. The summed E-state index contributed by atoms with van der Waals surface area (Å²) < 4.78 is 6.87. The van der Waals surface area contributed by atoms with Crippen LogP contribution in [0.2, 0.25) is 5.15 Å². The van der Waals surface area contributed by atoms with Gasteiger partial charge in [0.1, 0.15) is 11.0 Å². The lowest BCUT2D eigenvalue weighted by Gasteiger charge is -2.19. The minimum Gasteiger partial charge on any atom is -0.374 e. The smallest absolute Gasteiger partial charge is 0.146 e. The molecule has 18 heavy (non-hydrogen) atoms. The minimum absolute atomic E-state index is 0.311. The van der Waals surface area contributed by atoms with Crippen LogP contribution in [-0.2, 0) is 4.74 Å². The third-order valence-electron chi connectivity index (χ3n) is 3.84. The molecule has 1 aromatic heterocycles. The summed E-state index contributed by atoms with van der Waals surface area (Å²) in [5.41, 5.74) is 1.06. The van der Waals surface area contributed by atoms with Crippen LogP contribution in [0.15, 0.2) is 0 Å². The predicted molar refractivity (Wildman–Crippen MR) is 79.1 cm³/mol. The van der Waals surface area contributed by atoms with Gasteiger partial charge in [0, 0.05) is 5.92 Å². The van der Waals surface area contributed by atoms with Crippen molar-refractivity contribution in [1.29, 1.82) is 0 Å². The molecule has 2 fully saturated rings. The van der Waals surface area contributed by atoms with Crippen LogP contribution in [0.5, 0.6) is 0 Å². The maximum atomic E-state index is 6.24. The molecule has 3 rings (SSSR count). The molecular formula is C13H16ClIN2O. The highest BCUT2D eigenvalue weighted by atomic mass is 127. The van der Waals surface area contributed by atoms with E-state index in [1.807, 2.05) is 0 Å². The van der Waals surface area contributed by atoms with Gasteiger partial charge >= 0.3 is 0 Å². The fourth-order valence-electron chi connectivity index (χ4n) is 2.91. The summed E-state index contributed by atoms with van der Waals surface area (Å²) in [7, 11) is 0. The zero-order valence-electron chi connectivity index (χ0n) is 10.5. The van der Waals surface area contributed by atoms with Gasteiger partial charge in [-0.3, -0.25) is 0 Å². The second-order valence-electron chi connectivity index (χ2n) is 5.44. The van der Waals surface area contributed by atoms with Crippen molar-refractivity contribution in [1.82, 2.24) is 9.97 Å². The summed E-state index contributed by atoms with van der Waals surface area (Å²) in [6.45, 7) is 4.28. The van der Waals surface area contributed by atoms with Crippen molar-refractivity contribution in [2.24, 2.45) is 0 Å². The summed E-state index contributed by atoms with van der Waals surface area (Å²) >= 11 is 8.48. The van der Waals surface area contributed by atoms with E-state index in [2.05, 4.69) is 41.4 Å². The van der Waals surface area contributed by atoms with E-state index >= 15 is 0 Å². The van der Waals surface area contributed by atoms with E-state index in [0.717, 1.165) is 27.9 Å². The Morgan fingerprint density at radius 1 is 1.33 bits per heavy atom. The fraction of sp³-hybridized carbons (Fsp3) is 0.692. The Labute approximate surface area is 126 Å². The van der Waals surface area contributed by atoms with E-state index in [0.29, 0.717) is 29.2 Å². The van der Waals surface area contributed by atoms with Crippen molar-refractivity contribution >= 4 is 34.2 Å². The van der Waals surface area contributed by atoms with Crippen LogP contribution in [-0.4, -0.2) is 22.2 Å². The van der Waals surface area contributed by atoms with Crippen molar-refractivity contribution in [3.05, 3.63) is 20.2 Å². The average molecular weight is 379 g/mol. The average Bonchev–Trinajstić information content (AvgIpc) is 2.94. The van der Waals surface area contributed by atoms with E-state index < -0.39 is 0 Å². The molecule has 0 amide bonds. The molecule has 2 aliphatic rings. The number of hydrogen-bond acceptors (Lipinski definition) is 3. The highest BCUT2D eigenvalue weighted by Gasteiger charge is 2.43. The predicted octanol–water partition coefficient (Wildman–Crippen LogP) is 3.89. The largest absolute Gasteiger partial charge is 0.374 e. The molecule has 0 N–H and O–H groups in total. The molecule has 98 valence electrons. The van der Waals surface area contributed by atoms with Crippen molar-refractivity contribution < 1.29 is 4.74 Å². The lowest BCUT2D eigenvalue weighted by molar-refractivity contribution is 0.0998. The zero-order valence-corrected chi connectivity index (χ0v) is 13.4. The summed E-state index contributed by atoms with van der Waals surface area (Å²) in [4.78, 5) is 9.23. The first-order chi connectivity index (χ1) is 8.56. The lowest BCUT2D eigenvalue weighted by atomic mass is 9.88. The first-order valence-electron chi connectivity index (χ1n) is 6.44. The van der Waals surface area contributed by atoms with E-state index in [-0.39, 0.29) is 0 Å². The third-order valence-corrected chi connectivity index (χ3v) is 5.49. The van der Waals surface area contributed by atoms with Gasteiger partial charge in [0.25, 0.3) is 0 Å². The summed E-state index contributed by atoms with van der Waals surface area (Å²) in [6.07, 6.45) is 4.12. The maximum absolute atomic E-state index is 6.24. The standard InChI is InChI=1S/C13H16ClIN2O/c1-6(2)11-10(15)12(14)17-13(16-11)8-5-7-3-4-9(8)18-7/h6-9H,3-5H2,1-2H3. The molecule has 0 aromatic carbocycles. The summed E-state index contributed by atoms with van der Waals surface area (Å²) in [5, 5.41) is 0.590. The van der Waals surface area contributed by atoms with Crippen molar-refractivity contribution in [2.75, 3.05) is 0 Å². The van der Waals surface area contributed by atoms with Crippen LogP contribution >= 0.6 is 34.2 Å². The topological polar surface area (TPSA) is 35.0 Å². The Bertz CT molecular complexity index is 480. The van der Waals surface area contributed by atoms with Gasteiger partial charge in [-0.05, 0) is 47.8 Å². The lowest BCUT2D eigenvalue weighted by Crippen LogP contribution is -2.18.